The lowest BCUT2D eigenvalue weighted by atomic mass is 9.67. The van der Waals surface area contributed by atoms with Crippen molar-refractivity contribution in [1.29, 1.82) is 0 Å². The van der Waals surface area contributed by atoms with Gasteiger partial charge in [0.1, 0.15) is 0 Å². The van der Waals surface area contributed by atoms with Gasteiger partial charge in [0.15, 0.2) is 0 Å². The summed E-state index contributed by atoms with van der Waals surface area (Å²) in [6.45, 7) is 6.78. The molecule has 1 saturated carbocycles. The molecule has 1 aliphatic carbocycles. The van der Waals surface area contributed by atoms with Crippen molar-refractivity contribution >= 4 is 5.91 Å². The van der Waals surface area contributed by atoms with Crippen LogP contribution in [0.3, 0.4) is 0 Å². The van der Waals surface area contributed by atoms with E-state index in [2.05, 4.69) is 17.1 Å². The molecule has 3 aliphatic rings. The zero-order chi connectivity index (χ0) is 15.4. The largest absolute Gasteiger partial charge is 0.378 e. The predicted octanol–water partition coefficient (Wildman–Crippen LogP) is 2.57. The number of likely N-dealkylation sites (tertiary alicyclic amines) is 1. The molecule has 2 aliphatic heterocycles. The molecule has 1 amide bonds. The van der Waals surface area contributed by atoms with Crippen molar-refractivity contribution in [3.63, 3.8) is 0 Å². The lowest BCUT2D eigenvalue weighted by Gasteiger charge is -2.40. The van der Waals surface area contributed by atoms with Crippen LogP contribution in [-0.4, -0.2) is 49.7 Å². The number of amides is 1. The van der Waals surface area contributed by atoms with Crippen molar-refractivity contribution < 1.29 is 9.53 Å². The Kier molecular flexibility index (Phi) is 5.40. The summed E-state index contributed by atoms with van der Waals surface area (Å²) in [6.07, 6.45) is 9.50. The van der Waals surface area contributed by atoms with Crippen LogP contribution in [0.15, 0.2) is 0 Å². The van der Waals surface area contributed by atoms with Crippen LogP contribution >= 0.6 is 0 Å². The normalized spacial score (nSPS) is 36.0. The van der Waals surface area contributed by atoms with Crippen LogP contribution in [0.25, 0.3) is 0 Å². The van der Waals surface area contributed by atoms with Crippen molar-refractivity contribution in [2.75, 3.05) is 32.8 Å². The zero-order valence-electron chi connectivity index (χ0n) is 14.1. The van der Waals surface area contributed by atoms with E-state index in [-0.39, 0.29) is 5.41 Å². The fraction of sp³-hybridized carbons (Fsp3) is 0.944. The number of rotatable bonds is 4. The molecule has 2 heterocycles. The first-order valence-electron chi connectivity index (χ1n) is 9.38. The van der Waals surface area contributed by atoms with E-state index in [4.69, 9.17) is 4.74 Å². The van der Waals surface area contributed by atoms with Gasteiger partial charge in [-0.3, -0.25) is 4.79 Å². The second kappa shape index (κ2) is 7.31. The lowest BCUT2D eigenvalue weighted by Crippen LogP contribution is -2.50. The Morgan fingerprint density at radius 2 is 2.14 bits per heavy atom. The first-order chi connectivity index (χ1) is 10.8. The Morgan fingerprint density at radius 1 is 1.23 bits per heavy atom. The van der Waals surface area contributed by atoms with E-state index < -0.39 is 0 Å². The van der Waals surface area contributed by atoms with Crippen LogP contribution in [0, 0.1) is 11.3 Å². The molecule has 4 nitrogen and oxygen atoms in total. The molecular weight excluding hydrogens is 276 g/mol. The second-order valence-corrected chi connectivity index (χ2v) is 7.45. The molecule has 3 atom stereocenters. The Hall–Kier alpha value is -0.610. The Balaban J connectivity index is 1.62. The number of nitrogens with zero attached hydrogens (tertiary/aromatic N) is 1. The number of nitrogens with one attached hydrogen (secondary N) is 1. The highest BCUT2D eigenvalue weighted by molar-refractivity contribution is 5.84. The topological polar surface area (TPSA) is 41.6 Å². The van der Waals surface area contributed by atoms with Gasteiger partial charge in [0.05, 0.1) is 11.5 Å². The van der Waals surface area contributed by atoms with Crippen molar-refractivity contribution in [2.45, 2.75) is 64.4 Å². The molecule has 1 N–H and O–H groups in total. The van der Waals surface area contributed by atoms with E-state index >= 15 is 0 Å². The SMILES string of the molecule is CCCOC1CCCN(C(=O)[C@@]23CCCC[C@H]2CNC3)CC1. The van der Waals surface area contributed by atoms with Crippen LogP contribution in [0.5, 0.6) is 0 Å². The third-order valence-electron chi connectivity index (χ3n) is 5.98. The van der Waals surface area contributed by atoms with E-state index in [1.54, 1.807) is 0 Å². The molecule has 22 heavy (non-hydrogen) atoms. The minimum absolute atomic E-state index is 0.0810. The number of ether oxygens (including phenoxy) is 1. The molecule has 1 unspecified atom stereocenters. The molecule has 3 rings (SSSR count). The average Bonchev–Trinajstić information content (AvgIpc) is 2.85. The van der Waals surface area contributed by atoms with Crippen molar-refractivity contribution in [2.24, 2.45) is 11.3 Å². The van der Waals surface area contributed by atoms with Gasteiger partial charge in [0.2, 0.25) is 5.91 Å². The summed E-state index contributed by atoms with van der Waals surface area (Å²) in [5, 5.41) is 3.51. The van der Waals surface area contributed by atoms with Crippen molar-refractivity contribution in [1.82, 2.24) is 10.2 Å². The predicted molar refractivity (Wildman–Crippen MR) is 87.7 cm³/mol. The fourth-order valence-electron chi connectivity index (χ4n) is 4.70. The lowest BCUT2D eigenvalue weighted by molar-refractivity contribution is -0.145. The highest BCUT2D eigenvalue weighted by atomic mass is 16.5. The Morgan fingerprint density at radius 3 is 3.00 bits per heavy atom. The Bertz CT molecular complexity index is 387. The van der Waals surface area contributed by atoms with E-state index in [1.165, 1.54) is 19.3 Å². The summed E-state index contributed by atoms with van der Waals surface area (Å²) in [5.41, 5.74) is -0.0810. The van der Waals surface area contributed by atoms with Gasteiger partial charge in [0.25, 0.3) is 0 Å². The van der Waals surface area contributed by atoms with Gasteiger partial charge < -0.3 is 15.0 Å². The monoisotopic (exact) mass is 308 g/mol. The van der Waals surface area contributed by atoms with Crippen LogP contribution in [0.1, 0.15) is 58.3 Å². The molecule has 0 aromatic carbocycles. The maximum Gasteiger partial charge on any atom is 0.230 e. The molecule has 0 spiro atoms. The van der Waals surface area contributed by atoms with Gasteiger partial charge in [-0.1, -0.05) is 19.8 Å². The molecule has 0 aromatic rings. The van der Waals surface area contributed by atoms with Crippen molar-refractivity contribution in [3.05, 3.63) is 0 Å². The third kappa shape index (κ3) is 3.18. The van der Waals surface area contributed by atoms with Gasteiger partial charge in [-0.05, 0) is 51.0 Å². The highest BCUT2D eigenvalue weighted by Crippen LogP contribution is 2.45. The number of carbonyl (C=O) groups excluding carboxylic acids is 1. The maximum atomic E-state index is 13.3. The van der Waals surface area contributed by atoms with Crippen LogP contribution in [0.4, 0.5) is 0 Å². The average molecular weight is 308 g/mol. The van der Waals surface area contributed by atoms with Gasteiger partial charge in [-0.15, -0.1) is 0 Å². The van der Waals surface area contributed by atoms with Crippen LogP contribution in [-0.2, 0) is 9.53 Å². The first-order valence-corrected chi connectivity index (χ1v) is 9.38. The zero-order valence-corrected chi connectivity index (χ0v) is 14.1. The summed E-state index contributed by atoms with van der Waals surface area (Å²) in [7, 11) is 0. The Labute approximate surface area is 135 Å². The van der Waals surface area contributed by atoms with Crippen LogP contribution in [0.2, 0.25) is 0 Å². The van der Waals surface area contributed by atoms with E-state index in [9.17, 15) is 4.79 Å². The third-order valence-corrected chi connectivity index (χ3v) is 5.98. The second-order valence-electron chi connectivity index (χ2n) is 7.45. The van der Waals surface area contributed by atoms with E-state index in [0.29, 0.717) is 17.9 Å². The number of hydrogen-bond donors (Lipinski definition) is 1. The van der Waals surface area contributed by atoms with Crippen molar-refractivity contribution in [3.8, 4) is 0 Å². The van der Waals surface area contributed by atoms with Gasteiger partial charge in [0, 0.05) is 26.2 Å². The molecule has 0 aromatic heterocycles. The molecule has 4 heteroatoms. The molecule has 0 radical (unpaired) electrons. The summed E-state index contributed by atoms with van der Waals surface area (Å²) in [6, 6.07) is 0. The molecule has 2 saturated heterocycles. The van der Waals surface area contributed by atoms with E-state index in [0.717, 1.165) is 64.9 Å². The number of carbonyl (C=O) groups is 1. The highest BCUT2D eigenvalue weighted by Gasteiger charge is 2.51. The number of hydrogen-bond acceptors (Lipinski definition) is 3. The first kappa shape index (κ1) is 16.3. The smallest absolute Gasteiger partial charge is 0.230 e. The summed E-state index contributed by atoms with van der Waals surface area (Å²) in [5.74, 6) is 1.02. The minimum atomic E-state index is -0.0810. The molecule has 0 bridgehead atoms. The molecule has 126 valence electrons. The quantitative estimate of drug-likeness (QED) is 0.868. The van der Waals surface area contributed by atoms with Crippen LogP contribution < -0.4 is 5.32 Å². The summed E-state index contributed by atoms with van der Waals surface area (Å²) in [4.78, 5) is 15.4. The number of fused-ring (bicyclic) bond motifs is 1. The summed E-state index contributed by atoms with van der Waals surface area (Å²) >= 11 is 0. The van der Waals surface area contributed by atoms with Gasteiger partial charge in [-0.25, -0.2) is 0 Å². The fourth-order valence-corrected chi connectivity index (χ4v) is 4.70. The standard InChI is InChI=1S/C18H32N2O2/c1-2-12-22-16-7-5-10-20(11-8-16)17(21)18-9-4-3-6-15(18)13-19-14-18/h15-16,19H,2-14H2,1H3/t15-,16?,18+/m0/s1. The molecule has 3 fully saturated rings. The van der Waals surface area contributed by atoms with Gasteiger partial charge >= 0.3 is 0 Å². The molecular formula is C18H32N2O2. The van der Waals surface area contributed by atoms with Gasteiger partial charge in [-0.2, -0.15) is 0 Å². The van der Waals surface area contributed by atoms with E-state index in [1.807, 2.05) is 0 Å². The minimum Gasteiger partial charge on any atom is -0.378 e. The maximum absolute atomic E-state index is 13.3. The summed E-state index contributed by atoms with van der Waals surface area (Å²) < 4.78 is 5.92.